The van der Waals surface area contributed by atoms with Crippen LogP contribution in [0.2, 0.25) is 0 Å². The average Bonchev–Trinajstić information content (AvgIpc) is 3.35. The molecule has 2 amide bonds. The van der Waals surface area contributed by atoms with Gasteiger partial charge in [0.15, 0.2) is 23.0 Å². The Bertz CT molecular complexity index is 1320. The first kappa shape index (κ1) is 26.8. The Morgan fingerprint density at radius 2 is 1.63 bits per heavy atom. The number of amides is 2. The standard InChI is InChI=1S/C29H31FN2O6/c1-29(2,3)31-27(33)26(19-7-10-21(30)11-8-19)32(16-18-6-12-23-25(14-18)38-17-37-23)28(34)20-9-13-22(35-4)24(15-20)36-5/h6-15,26H,16-17H2,1-5H3,(H,31,33)/t26-/m1/s1. The molecule has 0 unspecified atom stereocenters. The van der Waals surface area contributed by atoms with Crippen LogP contribution in [0.5, 0.6) is 23.0 Å². The molecule has 0 saturated carbocycles. The Balaban J connectivity index is 1.82. The van der Waals surface area contributed by atoms with E-state index in [1.165, 1.54) is 43.4 Å². The molecule has 38 heavy (non-hydrogen) atoms. The summed E-state index contributed by atoms with van der Waals surface area (Å²) in [6.45, 7) is 5.73. The third kappa shape index (κ3) is 5.99. The molecule has 4 rings (SSSR count). The molecule has 200 valence electrons. The Labute approximate surface area is 221 Å². The van der Waals surface area contributed by atoms with Crippen molar-refractivity contribution >= 4 is 11.8 Å². The predicted octanol–water partition coefficient (Wildman–Crippen LogP) is 4.87. The van der Waals surface area contributed by atoms with Gasteiger partial charge in [-0.05, 0) is 74.4 Å². The van der Waals surface area contributed by atoms with Crippen molar-refractivity contribution in [2.45, 2.75) is 38.9 Å². The second-order valence-electron chi connectivity index (χ2n) is 9.88. The van der Waals surface area contributed by atoms with E-state index in [1.807, 2.05) is 26.8 Å². The van der Waals surface area contributed by atoms with Crippen LogP contribution in [0, 0.1) is 5.82 Å². The van der Waals surface area contributed by atoms with E-state index >= 15 is 0 Å². The normalized spacial score (nSPS) is 13.0. The van der Waals surface area contributed by atoms with Crippen LogP contribution in [0.4, 0.5) is 4.39 Å². The highest BCUT2D eigenvalue weighted by atomic mass is 19.1. The molecular formula is C29H31FN2O6. The maximum atomic E-state index is 14.1. The molecule has 0 aromatic heterocycles. The fraction of sp³-hybridized carbons (Fsp3) is 0.310. The second kappa shape index (κ2) is 11.0. The number of ether oxygens (including phenoxy) is 4. The smallest absolute Gasteiger partial charge is 0.255 e. The molecule has 1 aliphatic heterocycles. The summed E-state index contributed by atoms with van der Waals surface area (Å²) in [5.74, 6) is 0.717. The van der Waals surface area contributed by atoms with E-state index in [0.29, 0.717) is 34.1 Å². The van der Waals surface area contributed by atoms with Crippen LogP contribution in [-0.2, 0) is 11.3 Å². The zero-order valence-electron chi connectivity index (χ0n) is 22.0. The number of fused-ring (bicyclic) bond motifs is 1. The molecule has 3 aromatic rings. The van der Waals surface area contributed by atoms with Gasteiger partial charge in [0.05, 0.1) is 14.2 Å². The van der Waals surface area contributed by atoms with Crippen molar-refractivity contribution in [1.82, 2.24) is 10.2 Å². The van der Waals surface area contributed by atoms with Crippen molar-refractivity contribution in [2.75, 3.05) is 21.0 Å². The van der Waals surface area contributed by atoms with Crippen LogP contribution in [0.1, 0.15) is 48.3 Å². The molecule has 3 aromatic carbocycles. The van der Waals surface area contributed by atoms with Gasteiger partial charge < -0.3 is 29.2 Å². The molecule has 0 radical (unpaired) electrons. The van der Waals surface area contributed by atoms with Gasteiger partial charge in [0, 0.05) is 17.6 Å². The molecule has 1 aliphatic rings. The van der Waals surface area contributed by atoms with Gasteiger partial charge in [-0.3, -0.25) is 9.59 Å². The summed E-state index contributed by atoms with van der Waals surface area (Å²) < 4.78 is 35.5. The fourth-order valence-corrected chi connectivity index (χ4v) is 4.21. The number of carbonyl (C=O) groups is 2. The van der Waals surface area contributed by atoms with Crippen LogP contribution in [0.25, 0.3) is 0 Å². The van der Waals surface area contributed by atoms with Gasteiger partial charge in [0.25, 0.3) is 5.91 Å². The largest absolute Gasteiger partial charge is 0.493 e. The number of benzene rings is 3. The van der Waals surface area contributed by atoms with Gasteiger partial charge in [0.2, 0.25) is 12.7 Å². The van der Waals surface area contributed by atoms with Crippen molar-refractivity contribution in [2.24, 2.45) is 0 Å². The SMILES string of the molecule is COc1ccc(C(=O)N(Cc2ccc3c(c2)OCO3)[C@@H](C(=O)NC(C)(C)C)c2ccc(F)cc2)cc1OC. The monoisotopic (exact) mass is 522 g/mol. The predicted molar refractivity (Wildman–Crippen MR) is 139 cm³/mol. The molecule has 0 spiro atoms. The van der Waals surface area contributed by atoms with E-state index in [0.717, 1.165) is 5.56 Å². The molecule has 8 nitrogen and oxygen atoms in total. The van der Waals surface area contributed by atoms with Crippen LogP contribution >= 0.6 is 0 Å². The minimum atomic E-state index is -1.07. The Morgan fingerprint density at radius 1 is 0.947 bits per heavy atom. The third-order valence-corrected chi connectivity index (χ3v) is 5.93. The minimum Gasteiger partial charge on any atom is -0.493 e. The molecule has 1 atom stereocenters. The van der Waals surface area contributed by atoms with E-state index in [1.54, 1.807) is 30.3 Å². The molecule has 9 heteroatoms. The number of carbonyl (C=O) groups excluding carboxylic acids is 2. The summed E-state index contributed by atoms with van der Waals surface area (Å²) in [5.41, 5.74) is 0.895. The van der Waals surface area contributed by atoms with Gasteiger partial charge in [-0.1, -0.05) is 18.2 Å². The lowest BCUT2D eigenvalue weighted by atomic mass is 9.99. The summed E-state index contributed by atoms with van der Waals surface area (Å²) >= 11 is 0. The number of halogens is 1. The van der Waals surface area contributed by atoms with Crippen LogP contribution in [0.3, 0.4) is 0 Å². The molecule has 0 saturated heterocycles. The summed E-state index contributed by atoms with van der Waals surface area (Å²) in [5, 5.41) is 2.97. The Kier molecular flexibility index (Phi) is 7.75. The van der Waals surface area contributed by atoms with Gasteiger partial charge in [-0.2, -0.15) is 0 Å². The molecule has 1 heterocycles. The van der Waals surface area contributed by atoms with E-state index < -0.39 is 29.2 Å². The third-order valence-electron chi connectivity index (χ3n) is 5.93. The van der Waals surface area contributed by atoms with E-state index in [9.17, 15) is 14.0 Å². The topological polar surface area (TPSA) is 86.3 Å². The second-order valence-corrected chi connectivity index (χ2v) is 9.88. The maximum absolute atomic E-state index is 14.1. The lowest BCUT2D eigenvalue weighted by Gasteiger charge is -2.34. The van der Waals surface area contributed by atoms with Gasteiger partial charge in [0.1, 0.15) is 11.9 Å². The van der Waals surface area contributed by atoms with Crippen LogP contribution in [-0.4, -0.2) is 43.3 Å². The van der Waals surface area contributed by atoms with E-state index in [-0.39, 0.29) is 13.3 Å². The maximum Gasteiger partial charge on any atom is 0.255 e. The zero-order chi connectivity index (χ0) is 27.4. The van der Waals surface area contributed by atoms with Crippen LogP contribution in [0.15, 0.2) is 60.7 Å². The number of hydrogen-bond acceptors (Lipinski definition) is 6. The first-order valence-corrected chi connectivity index (χ1v) is 12.1. The van der Waals surface area contributed by atoms with Crippen molar-refractivity contribution < 1.29 is 32.9 Å². The quantitative estimate of drug-likeness (QED) is 0.454. The number of rotatable bonds is 8. The summed E-state index contributed by atoms with van der Waals surface area (Å²) in [4.78, 5) is 29.3. The van der Waals surface area contributed by atoms with Gasteiger partial charge >= 0.3 is 0 Å². The molecule has 1 N–H and O–H groups in total. The molecular weight excluding hydrogens is 491 g/mol. The lowest BCUT2D eigenvalue weighted by Crippen LogP contribution is -2.49. The highest BCUT2D eigenvalue weighted by Crippen LogP contribution is 2.35. The Morgan fingerprint density at radius 3 is 2.29 bits per heavy atom. The molecule has 0 bridgehead atoms. The average molecular weight is 523 g/mol. The number of nitrogens with one attached hydrogen (secondary N) is 1. The van der Waals surface area contributed by atoms with Crippen molar-refractivity contribution in [3.05, 3.63) is 83.2 Å². The first-order chi connectivity index (χ1) is 18.1. The van der Waals surface area contributed by atoms with Crippen molar-refractivity contribution in [3.8, 4) is 23.0 Å². The highest BCUT2D eigenvalue weighted by molar-refractivity contribution is 5.98. The summed E-state index contributed by atoms with van der Waals surface area (Å²) in [6.07, 6.45) is 0. The van der Waals surface area contributed by atoms with E-state index in [2.05, 4.69) is 5.32 Å². The summed E-state index contributed by atoms with van der Waals surface area (Å²) in [7, 11) is 2.99. The lowest BCUT2D eigenvalue weighted by molar-refractivity contribution is -0.127. The van der Waals surface area contributed by atoms with Crippen molar-refractivity contribution in [3.63, 3.8) is 0 Å². The summed E-state index contributed by atoms with van der Waals surface area (Å²) in [6, 6.07) is 14.7. The number of hydrogen-bond donors (Lipinski definition) is 1. The first-order valence-electron chi connectivity index (χ1n) is 12.1. The molecule has 0 aliphatic carbocycles. The van der Waals surface area contributed by atoms with Crippen LogP contribution < -0.4 is 24.3 Å². The fourth-order valence-electron chi connectivity index (χ4n) is 4.21. The van der Waals surface area contributed by atoms with E-state index in [4.69, 9.17) is 18.9 Å². The minimum absolute atomic E-state index is 0.0590. The zero-order valence-corrected chi connectivity index (χ0v) is 22.0. The molecule has 0 fully saturated rings. The Hall–Kier alpha value is -4.27. The van der Waals surface area contributed by atoms with Gasteiger partial charge in [-0.25, -0.2) is 4.39 Å². The number of methoxy groups -OCH3 is 2. The van der Waals surface area contributed by atoms with Crippen molar-refractivity contribution in [1.29, 1.82) is 0 Å². The number of nitrogens with zero attached hydrogens (tertiary/aromatic N) is 1. The highest BCUT2D eigenvalue weighted by Gasteiger charge is 2.34. The van der Waals surface area contributed by atoms with Gasteiger partial charge in [-0.15, -0.1) is 0 Å².